The van der Waals surface area contributed by atoms with Crippen LogP contribution >= 0.6 is 0 Å². The van der Waals surface area contributed by atoms with Gasteiger partial charge in [0.25, 0.3) is 0 Å². The minimum atomic E-state index is 0.125. The van der Waals surface area contributed by atoms with Crippen molar-refractivity contribution in [2.24, 2.45) is 0 Å². The predicted octanol–water partition coefficient (Wildman–Crippen LogP) is 2.52. The van der Waals surface area contributed by atoms with Gasteiger partial charge in [-0.05, 0) is 6.92 Å². The van der Waals surface area contributed by atoms with Gasteiger partial charge < -0.3 is 5.11 Å². The van der Waals surface area contributed by atoms with Gasteiger partial charge in [-0.2, -0.15) is 0 Å². The monoisotopic (exact) mass is 134 g/mol. The van der Waals surface area contributed by atoms with Crippen molar-refractivity contribution in [3.8, 4) is 0 Å². The Morgan fingerprint density at radius 1 is 1.30 bits per heavy atom. The maximum atomic E-state index is 8.92. The Hall–Kier alpha value is -1.24. The zero-order valence-corrected chi connectivity index (χ0v) is 5.96. The molecule has 0 fully saturated rings. The van der Waals surface area contributed by atoms with Gasteiger partial charge in [-0.3, -0.25) is 0 Å². The molecule has 0 aliphatic rings. The van der Waals surface area contributed by atoms with E-state index < -0.39 is 0 Å². The van der Waals surface area contributed by atoms with Gasteiger partial charge >= 0.3 is 0 Å². The molecule has 0 heterocycles. The van der Waals surface area contributed by atoms with Crippen LogP contribution in [0.25, 0.3) is 5.76 Å². The highest BCUT2D eigenvalue weighted by molar-refractivity contribution is 5.55. The Morgan fingerprint density at radius 2 is 1.80 bits per heavy atom. The smallest absolute Gasteiger partial charge is 0.115 e. The van der Waals surface area contributed by atoms with E-state index in [1.165, 1.54) is 5.56 Å². The molecule has 1 N–H and O–H groups in total. The highest BCUT2D eigenvalue weighted by Gasteiger charge is 1.92. The van der Waals surface area contributed by atoms with Crippen LogP contribution in [0.3, 0.4) is 0 Å². The fraction of sp³-hybridized carbons (Fsp3) is 0.111. The third-order valence-corrected chi connectivity index (χ3v) is 1.38. The number of aliphatic hydroxyl groups is 1. The van der Waals surface area contributed by atoms with Crippen LogP contribution < -0.4 is 0 Å². The lowest BCUT2D eigenvalue weighted by atomic mass is 10.1. The molecule has 52 valence electrons. The van der Waals surface area contributed by atoms with Gasteiger partial charge in [0.2, 0.25) is 0 Å². The average molecular weight is 134 g/mol. The van der Waals surface area contributed by atoms with E-state index in [4.69, 9.17) is 5.11 Å². The molecule has 1 rings (SSSR count). The van der Waals surface area contributed by atoms with Crippen LogP contribution in [0.5, 0.6) is 0 Å². The van der Waals surface area contributed by atoms with Gasteiger partial charge in [0.15, 0.2) is 0 Å². The van der Waals surface area contributed by atoms with Crippen molar-refractivity contribution < 1.29 is 5.11 Å². The molecule has 0 radical (unpaired) electrons. The van der Waals surface area contributed by atoms with Crippen LogP contribution in [0.4, 0.5) is 0 Å². The van der Waals surface area contributed by atoms with E-state index in [1.54, 1.807) is 0 Å². The highest BCUT2D eigenvalue weighted by atomic mass is 16.3. The maximum absolute atomic E-state index is 8.92. The lowest BCUT2D eigenvalue weighted by molar-refractivity contribution is 0.514. The second-order valence-electron chi connectivity index (χ2n) is 2.31. The van der Waals surface area contributed by atoms with Gasteiger partial charge in [-0.1, -0.05) is 36.4 Å². The number of aliphatic hydroxyl groups excluding tert-OH is 1. The fourth-order valence-corrected chi connectivity index (χ4v) is 0.746. The van der Waals surface area contributed by atoms with Crippen LogP contribution in [0, 0.1) is 6.92 Å². The van der Waals surface area contributed by atoms with Gasteiger partial charge in [-0.15, -0.1) is 0 Å². The summed E-state index contributed by atoms with van der Waals surface area (Å²) in [5.41, 5.74) is 1.97. The predicted molar refractivity (Wildman–Crippen MR) is 42.8 cm³/mol. The average Bonchev–Trinajstić information content (AvgIpc) is 1.88. The van der Waals surface area contributed by atoms with E-state index in [-0.39, 0.29) is 5.76 Å². The molecule has 0 saturated carbocycles. The summed E-state index contributed by atoms with van der Waals surface area (Å²) in [5, 5.41) is 8.92. The molecule has 0 saturated heterocycles. The molecule has 1 aromatic rings. The minimum Gasteiger partial charge on any atom is -0.508 e. The molecule has 0 aliphatic carbocycles. The molecule has 0 atom stereocenters. The van der Waals surface area contributed by atoms with E-state index in [2.05, 4.69) is 6.58 Å². The van der Waals surface area contributed by atoms with E-state index >= 15 is 0 Å². The molecular formula is C9H10O. The van der Waals surface area contributed by atoms with E-state index in [1.807, 2.05) is 31.2 Å². The summed E-state index contributed by atoms with van der Waals surface area (Å²) in [4.78, 5) is 0. The Morgan fingerprint density at radius 3 is 2.20 bits per heavy atom. The molecule has 1 heteroatoms. The third-order valence-electron chi connectivity index (χ3n) is 1.38. The Labute approximate surface area is 60.6 Å². The summed E-state index contributed by atoms with van der Waals surface area (Å²) < 4.78 is 0. The Bertz CT molecular complexity index is 233. The van der Waals surface area contributed by atoms with Crippen LogP contribution in [-0.4, -0.2) is 5.11 Å². The second-order valence-corrected chi connectivity index (χ2v) is 2.31. The molecule has 0 aromatic heterocycles. The molecule has 1 nitrogen and oxygen atoms in total. The molecule has 0 spiro atoms. The number of rotatable bonds is 1. The molecule has 0 amide bonds. The van der Waals surface area contributed by atoms with E-state index in [9.17, 15) is 0 Å². The number of hydrogen-bond donors (Lipinski definition) is 1. The van der Waals surface area contributed by atoms with Crippen LogP contribution in [0.2, 0.25) is 0 Å². The third kappa shape index (κ3) is 1.38. The van der Waals surface area contributed by atoms with E-state index in [0.29, 0.717) is 0 Å². The SMILES string of the molecule is C=C(O)c1ccc(C)cc1. The summed E-state index contributed by atoms with van der Waals surface area (Å²) in [6.45, 7) is 5.41. The highest BCUT2D eigenvalue weighted by Crippen LogP contribution is 2.09. The zero-order valence-electron chi connectivity index (χ0n) is 5.96. The van der Waals surface area contributed by atoms with Crippen LogP contribution in [0.15, 0.2) is 30.8 Å². The number of benzene rings is 1. The van der Waals surface area contributed by atoms with Crippen molar-refractivity contribution in [3.63, 3.8) is 0 Å². The molecule has 10 heavy (non-hydrogen) atoms. The first-order valence-corrected chi connectivity index (χ1v) is 3.15. The maximum Gasteiger partial charge on any atom is 0.115 e. The first-order chi connectivity index (χ1) is 4.70. The van der Waals surface area contributed by atoms with Gasteiger partial charge in [-0.25, -0.2) is 0 Å². The second kappa shape index (κ2) is 2.56. The first-order valence-electron chi connectivity index (χ1n) is 3.15. The zero-order chi connectivity index (χ0) is 7.56. The quantitative estimate of drug-likeness (QED) is 0.585. The molecule has 1 aromatic carbocycles. The molecular weight excluding hydrogens is 124 g/mol. The normalized spacial score (nSPS) is 9.30. The summed E-state index contributed by atoms with van der Waals surface area (Å²) in [6.07, 6.45) is 0. The lowest BCUT2D eigenvalue weighted by Gasteiger charge is -1.96. The standard InChI is InChI=1S/C9H10O/c1-7-3-5-9(6-4-7)8(2)10/h3-6,10H,2H2,1H3. The summed E-state index contributed by atoms with van der Waals surface area (Å²) in [6, 6.07) is 7.57. The summed E-state index contributed by atoms with van der Waals surface area (Å²) in [5.74, 6) is 0.125. The van der Waals surface area contributed by atoms with Crippen molar-refractivity contribution in [1.82, 2.24) is 0 Å². The van der Waals surface area contributed by atoms with Crippen molar-refractivity contribution >= 4 is 5.76 Å². The van der Waals surface area contributed by atoms with Crippen molar-refractivity contribution in [2.75, 3.05) is 0 Å². The first kappa shape index (κ1) is 6.87. The van der Waals surface area contributed by atoms with E-state index in [0.717, 1.165) is 5.56 Å². The Kier molecular flexibility index (Phi) is 1.76. The minimum absolute atomic E-state index is 0.125. The fourth-order valence-electron chi connectivity index (χ4n) is 0.746. The van der Waals surface area contributed by atoms with Gasteiger partial charge in [0, 0.05) is 5.56 Å². The topological polar surface area (TPSA) is 20.2 Å². The Balaban J connectivity index is 3.00. The molecule has 0 aliphatic heterocycles. The summed E-state index contributed by atoms with van der Waals surface area (Å²) >= 11 is 0. The van der Waals surface area contributed by atoms with Gasteiger partial charge in [0.05, 0.1) is 0 Å². The number of aryl methyl sites for hydroxylation is 1. The summed E-state index contributed by atoms with van der Waals surface area (Å²) in [7, 11) is 0. The van der Waals surface area contributed by atoms with Gasteiger partial charge in [0.1, 0.15) is 5.76 Å². The van der Waals surface area contributed by atoms with Crippen molar-refractivity contribution in [2.45, 2.75) is 6.92 Å². The van der Waals surface area contributed by atoms with Crippen LogP contribution in [0.1, 0.15) is 11.1 Å². The lowest BCUT2D eigenvalue weighted by Crippen LogP contribution is -1.79. The van der Waals surface area contributed by atoms with Crippen molar-refractivity contribution in [1.29, 1.82) is 0 Å². The molecule has 0 bridgehead atoms. The molecule has 0 unspecified atom stereocenters. The number of hydrogen-bond acceptors (Lipinski definition) is 1. The largest absolute Gasteiger partial charge is 0.508 e. The van der Waals surface area contributed by atoms with Crippen molar-refractivity contribution in [3.05, 3.63) is 42.0 Å². The van der Waals surface area contributed by atoms with Crippen LogP contribution in [-0.2, 0) is 0 Å².